The van der Waals surface area contributed by atoms with Crippen LogP contribution in [0.15, 0.2) is 24.4 Å². The first-order valence-electron chi connectivity index (χ1n) is 7.97. The van der Waals surface area contributed by atoms with Gasteiger partial charge in [-0.25, -0.2) is 4.98 Å². The number of H-pyrrole nitrogens is 1. The van der Waals surface area contributed by atoms with Gasteiger partial charge in [-0.3, -0.25) is 9.78 Å². The molecule has 3 rings (SSSR count). The number of carbonyl (C=O) groups excluding carboxylic acids is 1. The monoisotopic (exact) mass is 314 g/mol. The van der Waals surface area contributed by atoms with Crippen molar-refractivity contribution < 1.29 is 9.53 Å². The fraction of sp³-hybridized carbons (Fsp3) is 0.471. The van der Waals surface area contributed by atoms with Crippen LogP contribution in [0.5, 0.6) is 0 Å². The van der Waals surface area contributed by atoms with Crippen LogP contribution in [0.3, 0.4) is 0 Å². The summed E-state index contributed by atoms with van der Waals surface area (Å²) in [6.45, 7) is 5.54. The van der Waals surface area contributed by atoms with Gasteiger partial charge in [0.1, 0.15) is 11.5 Å². The molecule has 1 unspecified atom stereocenters. The molecule has 1 N–H and O–H groups in total. The molecule has 1 amide bonds. The SMILES string of the molecule is Cc1nc(C(=O)N(Cc2ccccn2)CC2CCCO2)c(C)[nH]1. The fourth-order valence-electron chi connectivity index (χ4n) is 2.91. The summed E-state index contributed by atoms with van der Waals surface area (Å²) in [4.78, 5) is 26.5. The molecule has 0 aliphatic carbocycles. The number of amides is 1. The predicted molar refractivity (Wildman–Crippen MR) is 86.0 cm³/mol. The van der Waals surface area contributed by atoms with Gasteiger partial charge in [0.2, 0.25) is 0 Å². The van der Waals surface area contributed by atoms with Crippen molar-refractivity contribution in [3.8, 4) is 0 Å². The predicted octanol–water partition coefficient (Wildman–Crippen LogP) is 2.24. The molecule has 2 aromatic heterocycles. The molecule has 6 heteroatoms. The van der Waals surface area contributed by atoms with E-state index in [9.17, 15) is 4.79 Å². The summed E-state index contributed by atoms with van der Waals surface area (Å²) in [7, 11) is 0. The Morgan fingerprint density at radius 1 is 1.43 bits per heavy atom. The maximum atomic E-state index is 12.9. The molecule has 0 bridgehead atoms. The molecule has 3 heterocycles. The number of aromatic nitrogens is 3. The van der Waals surface area contributed by atoms with E-state index in [0.717, 1.165) is 36.7 Å². The Bertz CT molecular complexity index is 662. The molecule has 0 saturated carbocycles. The Hall–Kier alpha value is -2.21. The van der Waals surface area contributed by atoms with Crippen molar-refractivity contribution in [2.45, 2.75) is 39.3 Å². The topological polar surface area (TPSA) is 71.1 Å². The average Bonchev–Trinajstić information content (AvgIpc) is 3.16. The quantitative estimate of drug-likeness (QED) is 0.919. The van der Waals surface area contributed by atoms with Crippen molar-refractivity contribution in [3.05, 3.63) is 47.3 Å². The molecule has 1 fully saturated rings. The number of nitrogens with one attached hydrogen (secondary N) is 1. The molecule has 0 spiro atoms. The Labute approximate surface area is 135 Å². The Morgan fingerprint density at radius 2 is 2.30 bits per heavy atom. The minimum Gasteiger partial charge on any atom is -0.376 e. The van der Waals surface area contributed by atoms with E-state index in [4.69, 9.17) is 4.74 Å². The van der Waals surface area contributed by atoms with Crippen LogP contribution >= 0.6 is 0 Å². The highest BCUT2D eigenvalue weighted by Crippen LogP contribution is 2.17. The molecule has 0 aromatic carbocycles. The third kappa shape index (κ3) is 3.76. The van der Waals surface area contributed by atoms with Gasteiger partial charge in [0.25, 0.3) is 5.91 Å². The van der Waals surface area contributed by atoms with Gasteiger partial charge < -0.3 is 14.6 Å². The lowest BCUT2D eigenvalue weighted by Gasteiger charge is -2.24. The first kappa shape index (κ1) is 15.7. The largest absolute Gasteiger partial charge is 0.376 e. The summed E-state index contributed by atoms with van der Waals surface area (Å²) in [5.41, 5.74) is 2.14. The van der Waals surface area contributed by atoms with Gasteiger partial charge in [-0.2, -0.15) is 0 Å². The number of carbonyl (C=O) groups is 1. The summed E-state index contributed by atoms with van der Waals surface area (Å²) in [5, 5.41) is 0. The van der Waals surface area contributed by atoms with Gasteiger partial charge in [0.15, 0.2) is 0 Å². The molecule has 1 atom stereocenters. The summed E-state index contributed by atoms with van der Waals surface area (Å²) >= 11 is 0. The molecular weight excluding hydrogens is 292 g/mol. The summed E-state index contributed by atoms with van der Waals surface area (Å²) in [6.07, 6.45) is 3.89. The van der Waals surface area contributed by atoms with Gasteiger partial charge in [-0.15, -0.1) is 0 Å². The number of pyridine rings is 1. The summed E-state index contributed by atoms with van der Waals surface area (Å²) in [6, 6.07) is 5.73. The van der Waals surface area contributed by atoms with Gasteiger partial charge in [-0.05, 0) is 38.8 Å². The number of hydrogen-bond acceptors (Lipinski definition) is 4. The van der Waals surface area contributed by atoms with Crippen molar-refractivity contribution in [2.24, 2.45) is 0 Å². The van der Waals surface area contributed by atoms with E-state index in [-0.39, 0.29) is 12.0 Å². The standard InChI is InChI=1S/C17H22N4O2/c1-12-16(20-13(2)19-12)17(22)21(11-15-7-5-9-23-15)10-14-6-3-4-8-18-14/h3-4,6,8,15H,5,7,9-11H2,1-2H3,(H,19,20). The minimum absolute atomic E-state index is 0.0759. The number of aromatic amines is 1. The van der Waals surface area contributed by atoms with Crippen LogP contribution in [-0.2, 0) is 11.3 Å². The van der Waals surface area contributed by atoms with Crippen LogP contribution in [0.1, 0.15) is 40.5 Å². The normalized spacial score (nSPS) is 17.4. The number of ether oxygens (including phenoxy) is 1. The van der Waals surface area contributed by atoms with Crippen LogP contribution in [0.4, 0.5) is 0 Å². The highest BCUT2D eigenvalue weighted by molar-refractivity contribution is 5.93. The maximum Gasteiger partial charge on any atom is 0.274 e. The van der Waals surface area contributed by atoms with Crippen LogP contribution in [0, 0.1) is 13.8 Å². The van der Waals surface area contributed by atoms with Crippen LogP contribution in [-0.4, -0.2) is 45.0 Å². The van der Waals surface area contributed by atoms with E-state index in [1.165, 1.54) is 0 Å². The fourth-order valence-corrected chi connectivity index (χ4v) is 2.91. The van der Waals surface area contributed by atoms with E-state index in [2.05, 4.69) is 15.0 Å². The van der Waals surface area contributed by atoms with Gasteiger partial charge in [0, 0.05) is 25.0 Å². The second kappa shape index (κ2) is 6.91. The average molecular weight is 314 g/mol. The van der Waals surface area contributed by atoms with Crippen molar-refractivity contribution in [3.63, 3.8) is 0 Å². The second-order valence-corrected chi connectivity index (χ2v) is 5.94. The van der Waals surface area contributed by atoms with Crippen LogP contribution < -0.4 is 0 Å². The van der Waals surface area contributed by atoms with Crippen LogP contribution in [0.2, 0.25) is 0 Å². The molecule has 1 aliphatic rings. The second-order valence-electron chi connectivity index (χ2n) is 5.94. The molecular formula is C17H22N4O2. The Morgan fingerprint density at radius 3 is 2.91 bits per heavy atom. The Kier molecular flexibility index (Phi) is 4.71. The summed E-state index contributed by atoms with van der Waals surface area (Å²) < 4.78 is 5.70. The smallest absolute Gasteiger partial charge is 0.274 e. The molecule has 2 aromatic rings. The van der Waals surface area contributed by atoms with Crippen molar-refractivity contribution >= 4 is 5.91 Å². The van der Waals surface area contributed by atoms with Crippen LogP contribution in [0.25, 0.3) is 0 Å². The van der Waals surface area contributed by atoms with E-state index in [1.807, 2.05) is 32.0 Å². The van der Waals surface area contributed by atoms with Crippen molar-refractivity contribution in [1.82, 2.24) is 19.9 Å². The zero-order valence-electron chi connectivity index (χ0n) is 13.6. The maximum absolute atomic E-state index is 12.9. The van der Waals surface area contributed by atoms with Crippen molar-refractivity contribution in [2.75, 3.05) is 13.2 Å². The van der Waals surface area contributed by atoms with Gasteiger partial charge in [-0.1, -0.05) is 6.07 Å². The number of imidazole rings is 1. The molecule has 6 nitrogen and oxygen atoms in total. The van der Waals surface area contributed by atoms with E-state index < -0.39 is 0 Å². The number of nitrogens with zero attached hydrogens (tertiary/aromatic N) is 3. The first-order chi connectivity index (χ1) is 11.1. The molecule has 122 valence electrons. The minimum atomic E-state index is -0.0759. The number of rotatable bonds is 5. The van der Waals surface area contributed by atoms with Gasteiger partial charge in [0.05, 0.1) is 18.3 Å². The van der Waals surface area contributed by atoms with E-state index >= 15 is 0 Å². The lowest BCUT2D eigenvalue weighted by atomic mass is 10.2. The third-order valence-corrected chi connectivity index (χ3v) is 4.02. The molecule has 1 aliphatic heterocycles. The molecule has 0 radical (unpaired) electrons. The number of aryl methyl sites for hydroxylation is 2. The summed E-state index contributed by atoms with van der Waals surface area (Å²) in [5.74, 6) is 0.675. The van der Waals surface area contributed by atoms with E-state index in [1.54, 1.807) is 11.1 Å². The van der Waals surface area contributed by atoms with Gasteiger partial charge >= 0.3 is 0 Å². The first-order valence-corrected chi connectivity index (χ1v) is 7.97. The zero-order valence-corrected chi connectivity index (χ0v) is 13.6. The number of hydrogen-bond donors (Lipinski definition) is 1. The lowest BCUT2D eigenvalue weighted by Crippen LogP contribution is -2.37. The van der Waals surface area contributed by atoms with E-state index in [0.29, 0.717) is 18.8 Å². The Balaban J connectivity index is 1.81. The molecule has 1 saturated heterocycles. The highest BCUT2D eigenvalue weighted by Gasteiger charge is 2.26. The lowest BCUT2D eigenvalue weighted by molar-refractivity contribution is 0.0499. The highest BCUT2D eigenvalue weighted by atomic mass is 16.5. The third-order valence-electron chi connectivity index (χ3n) is 4.02. The zero-order chi connectivity index (χ0) is 16.2. The molecule has 23 heavy (non-hydrogen) atoms. The van der Waals surface area contributed by atoms with Crippen molar-refractivity contribution in [1.29, 1.82) is 0 Å².